The predicted molar refractivity (Wildman–Crippen MR) is 63.2 cm³/mol. The maximum Gasteiger partial charge on any atom is 0.0889 e. The highest BCUT2D eigenvalue weighted by Gasteiger charge is 2.02. The number of fused-ring (bicyclic) bond motifs is 1. The Bertz CT molecular complexity index is 437. The molecule has 2 N–H and O–H groups in total. The van der Waals surface area contributed by atoms with Gasteiger partial charge >= 0.3 is 0 Å². The fraction of sp³-hybridized carbons (Fsp3) is 0.455. The zero-order valence-corrected chi connectivity index (χ0v) is 9.48. The van der Waals surface area contributed by atoms with E-state index in [-0.39, 0.29) is 0 Å². The number of aromatic nitrogens is 3. The predicted octanol–water partition coefficient (Wildman–Crippen LogP) is 0.428. The normalized spacial score (nSPS) is 11.1. The van der Waals surface area contributed by atoms with Gasteiger partial charge in [-0.3, -0.25) is 4.98 Å². The molecule has 16 heavy (non-hydrogen) atoms. The van der Waals surface area contributed by atoms with Crippen LogP contribution < -0.4 is 10.6 Å². The SMILES string of the molecule is CNCCCNCc1cnn2ccncc12. The highest BCUT2D eigenvalue weighted by atomic mass is 15.2. The van der Waals surface area contributed by atoms with Crippen LogP contribution in [0.2, 0.25) is 0 Å². The van der Waals surface area contributed by atoms with Gasteiger partial charge in [-0.15, -0.1) is 0 Å². The molecule has 0 unspecified atom stereocenters. The van der Waals surface area contributed by atoms with Gasteiger partial charge in [-0.1, -0.05) is 0 Å². The lowest BCUT2D eigenvalue weighted by molar-refractivity contribution is 0.626. The third-order valence-electron chi connectivity index (χ3n) is 2.50. The van der Waals surface area contributed by atoms with Gasteiger partial charge in [0.25, 0.3) is 0 Å². The minimum Gasteiger partial charge on any atom is -0.320 e. The lowest BCUT2D eigenvalue weighted by Gasteiger charge is -2.02. The first kappa shape index (κ1) is 11.0. The van der Waals surface area contributed by atoms with Gasteiger partial charge in [-0.05, 0) is 26.6 Å². The molecule has 2 heterocycles. The Kier molecular flexibility index (Phi) is 3.85. The molecule has 0 spiro atoms. The van der Waals surface area contributed by atoms with Gasteiger partial charge in [0.05, 0.1) is 17.9 Å². The van der Waals surface area contributed by atoms with E-state index < -0.39 is 0 Å². The summed E-state index contributed by atoms with van der Waals surface area (Å²) in [5.74, 6) is 0. The molecule has 0 aliphatic carbocycles. The summed E-state index contributed by atoms with van der Waals surface area (Å²) in [6.45, 7) is 2.90. The van der Waals surface area contributed by atoms with E-state index in [0.29, 0.717) is 0 Å². The maximum atomic E-state index is 4.26. The molecule has 2 aromatic heterocycles. The van der Waals surface area contributed by atoms with Gasteiger partial charge in [0.1, 0.15) is 0 Å². The molecule has 86 valence electrons. The van der Waals surface area contributed by atoms with Crippen LogP contribution in [-0.2, 0) is 6.54 Å². The van der Waals surface area contributed by atoms with Crippen molar-refractivity contribution in [3.8, 4) is 0 Å². The first-order valence-corrected chi connectivity index (χ1v) is 5.53. The topological polar surface area (TPSA) is 54.2 Å². The minimum atomic E-state index is 0.846. The smallest absolute Gasteiger partial charge is 0.0889 e. The number of hydrogen-bond donors (Lipinski definition) is 2. The van der Waals surface area contributed by atoms with Crippen LogP contribution in [0.1, 0.15) is 12.0 Å². The van der Waals surface area contributed by atoms with Crippen molar-refractivity contribution in [2.24, 2.45) is 0 Å². The molecular formula is C11H17N5. The lowest BCUT2D eigenvalue weighted by Crippen LogP contribution is -2.19. The van der Waals surface area contributed by atoms with Crippen molar-refractivity contribution in [3.05, 3.63) is 30.4 Å². The number of hydrogen-bond acceptors (Lipinski definition) is 4. The van der Waals surface area contributed by atoms with E-state index >= 15 is 0 Å². The Morgan fingerprint density at radius 1 is 1.31 bits per heavy atom. The fourth-order valence-electron chi connectivity index (χ4n) is 1.63. The molecule has 0 fully saturated rings. The van der Waals surface area contributed by atoms with Gasteiger partial charge < -0.3 is 10.6 Å². The maximum absolute atomic E-state index is 4.26. The molecule has 0 saturated carbocycles. The van der Waals surface area contributed by atoms with Crippen molar-refractivity contribution >= 4 is 5.52 Å². The van der Waals surface area contributed by atoms with E-state index in [4.69, 9.17) is 0 Å². The van der Waals surface area contributed by atoms with Crippen LogP contribution in [0.3, 0.4) is 0 Å². The van der Waals surface area contributed by atoms with Crippen molar-refractivity contribution in [1.29, 1.82) is 0 Å². The van der Waals surface area contributed by atoms with E-state index in [0.717, 1.165) is 31.6 Å². The average Bonchev–Trinajstić information content (AvgIpc) is 2.73. The summed E-state index contributed by atoms with van der Waals surface area (Å²) >= 11 is 0. The summed E-state index contributed by atoms with van der Waals surface area (Å²) in [7, 11) is 1.97. The van der Waals surface area contributed by atoms with E-state index in [1.165, 1.54) is 5.56 Å². The molecule has 0 atom stereocenters. The third-order valence-corrected chi connectivity index (χ3v) is 2.50. The first-order valence-electron chi connectivity index (χ1n) is 5.53. The van der Waals surface area contributed by atoms with Gasteiger partial charge in [0.15, 0.2) is 0 Å². The zero-order chi connectivity index (χ0) is 11.2. The minimum absolute atomic E-state index is 0.846. The Morgan fingerprint density at radius 3 is 3.12 bits per heavy atom. The first-order chi connectivity index (χ1) is 7.92. The van der Waals surface area contributed by atoms with Crippen LogP contribution in [0.5, 0.6) is 0 Å². The molecular weight excluding hydrogens is 202 g/mol. The summed E-state index contributed by atoms with van der Waals surface area (Å²) in [6, 6.07) is 0. The second-order valence-electron chi connectivity index (χ2n) is 3.71. The molecule has 2 aromatic rings. The van der Waals surface area contributed by atoms with E-state index in [1.807, 2.05) is 30.2 Å². The number of rotatable bonds is 6. The lowest BCUT2D eigenvalue weighted by atomic mass is 10.3. The molecule has 0 aliphatic rings. The molecule has 2 rings (SSSR count). The second kappa shape index (κ2) is 5.58. The van der Waals surface area contributed by atoms with Crippen molar-refractivity contribution in [2.45, 2.75) is 13.0 Å². The molecule has 5 heteroatoms. The molecule has 0 saturated heterocycles. The standard InChI is InChI=1S/C11H17N5/c1-12-3-2-4-13-7-10-8-15-16-6-5-14-9-11(10)16/h5-6,8-9,12-13H,2-4,7H2,1H3. The van der Waals surface area contributed by atoms with Gasteiger partial charge in [-0.25, -0.2) is 4.52 Å². The largest absolute Gasteiger partial charge is 0.320 e. The van der Waals surface area contributed by atoms with E-state index in [1.54, 1.807) is 6.20 Å². The van der Waals surface area contributed by atoms with E-state index in [9.17, 15) is 0 Å². The summed E-state index contributed by atoms with van der Waals surface area (Å²) in [5.41, 5.74) is 2.26. The van der Waals surface area contributed by atoms with Crippen molar-refractivity contribution in [1.82, 2.24) is 25.2 Å². The molecule has 0 aromatic carbocycles. The van der Waals surface area contributed by atoms with Crippen molar-refractivity contribution in [2.75, 3.05) is 20.1 Å². The Labute approximate surface area is 94.9 Å². The Balaban J connectivity index is 1.89. The number of nitrogens with one attached hydrogen (secondary N) is 2. The highest BCUT2D eigenvalue weighted by molar-refractivity contribution is 5.51. The van der Waals surface area contributed by atoms with Crippen LogP contribution in [-0.4, -0.2) is 34.7 Å². The summed E-state index contributed by atoms with van der Waals surface area (Å²) < 4.78 is 1.84. The van der Waals surface area contributed by atoms with Gasteiger partial charge in [0.2, 0.25) is 0 Å². The third kappa shape index (κ3) is 2.56. The zero-order valence-electron chi connectivity index (χ0n) is 9.48. The monoisotopic (exact) mass is 219 g/mol. The molecule has 0 amide bonds. The molecule has 0 bridgehead atoms. The van der Waals surface area contributed by atoms with Crippen LogP contribution >= 0.6 is 0 Å². The summed E-state index contributed by atoms with van der Waals surface area (Å²) in [6.07, 6.45) is 8.47. The van der Waals surface area contributed by atoms with Gasteiger partial charge in [-0.2, -0.15) is 5.10 Å². The van der Waals surface area contributed by atoms with Crippen molar-refractivity contribution < 1.29 is 0 Å². The highest BCUT2D eigenvalue weighted by Crippen LogP contribution is 2.07. The molecule has 0 radical (unpaired) electrons. The summed E-state index contributed by atoms with van der Waals surface area (Å²) in [5, 5.41) is 10.8. The Hall–Kier alpha value is -1.46. The van der Waals surface area contributed by atoms with E-state index in [2.05, 4.69) is 20.7 Å². The van der Waals surface area contributed by atoms with Gasteiger partial charge in [0, 0.05) is 24.5 Å². The van der Waals surface area contributed by atoms with Crippen LogP contribution in [0.4, 0.5) is 0 Å². The number of nitrogens with zero attached hydrogens (tertiary/aromatic N) is 3. The molecule has 0 aliphatic heterocycles. The fourth-order valence-corrected chi connectivity index (χ4v) is 1.63. The summed E-state index contributed by atoms with van der Waals surface area (Å²) in [4.78, 5) is 4.10. The van der Waals surface area contributed by atoms with Crippen LogP contribution in [0, 0.1) is 0 Å². The average molecular weight is 219 g/mol. The molecule has 5 nitrogen and oxygen atoms in total. The second-order valence-corrected chi connectivity index (χ2v) is 3.71. The van der Waals surface area contributed by atoms with Crippen LogP contribution in [0.15, 0.2) is 24.8 Å². The quantitative estimate of drug-likeness (QED) is 0.692. The van der Waals surface area contributed by atoms with Crippen LogP contribution in [0.25, 0.3) is 5.52 Å². The Morgan fingerprint density at radius 2 is 2.25 bits per heavy atom. The van der Waals surface area contributed by atoms with Crippen molar-refractivity contribution in [3.63, 3.8) is 0 Å².